The third kappa shape index (κ3) is 7.95. The molecule has 0 amide bonds. The summed E-state index contributed by atoms with van der Waals surface area (Å²) < 4.78 is 55.4. The molecule has 2 aliphatic carbocycles. The number of imidazole rings is 1. The Kier molecular flexibility index (Phi) is 11.1. The van der Waals surface area contributed by atoms with Crippen molar-refractivity contribution in [2.45, 2.75) is 83.3 Å². The Morgan fingerprint density at radius 3 is 1.91 bits per heavy atom. The van der Waals surface area contributed by atoms with Gasteiger partial charge in [-0.1, -0.05) is 54.6 Å². The van der Waals surface area contributed by atoms with Crippen LogP contribution >= 0.6 is 30.4 Å². The van der Waals surface area contributed by atoms with Crippen LogP contribution in [0.5, 0.6) is 11.5 Å². The van der Waals surface area contributed by atoms with Gasteiger partial charge in [0.1, 0.15) is 17.1 Å². The Morgan fingerprint density at radius 1 is 0.839 bits per heavy atom. The van der Waals surface area contributed by atoms with E-state index in [1.807, 2.05) is 122 Å². The predicted molar refractivity (Wildman–Crippen MR) is 224 cm³/mol. The first kappa shape index (κ1) is 40.6. The second-order valence-corrected chi connectivity index (χ2v) is 18.9. The molecule has 2 fully saturated rings. The van der Waals surface area contributed by atoms with Gasteiger partial charge in [-0.25, -0.2) is 19.5 Å². The average Bonchev–Trinajstić information content (AvgIpc) is 3.62. The molecule has 2 heterocycles. The van der Waals surface area contributed by atoms with Crippen molar-refractivity contribution in [1.82, 2.24) is 19.5 Å². The highest BCUT2D eigenvalue weighted by molar-refractivity contribution is 14.1. The Balaban J connectivity index is 1.36. The minimum absolute atomic E-state index is 0.0634. The standard InChI is InChI=1S/C42H51IN5O7P/c1-39(2,3)54-56(49,55-40(4,5)6)53-34-23-33(48-26-45-35-36(44-7)46-38(43)47-37(35)48)32-24-41(32,34)25-52-42(27-13-11-10-12-14-27,28-15-19-30(50-8)20-16-28)29-17-21-31(51-9)22-18-29/h10-22,26,32-34H,23-25H2,1-9H3,(H,44,46,47)/t32-,33-,34+,41+/m1/s1. The summed E-state index contributed by atoms with van der Waals surface area (Å²) in [6.07, 6.45) is 2.50. The van der Waals surface area contributed by atoms with E-state index in [1.165, 1.54) is 0 Å². The molecule has 1 N–H and O–H groups in total. The molecule has 2 aromatic heterocycles. The number of hydrogen-bond donors (Lipinski definition) is 1. The van der Waals surface area contributed by atoms with Gasteiger partial charge >= 0.3 is 7.82 Å². The monoisotopic (exact) mass is 895 g/mol. The van der Waals surface area contributed by atoms with Crippen molar-refractivity contribution in [3.8, 4) is 11.5 Å². The zero-order valence-electron chi connectivity index (χ0n) is 33.4. The van der Waals surface area contributed by atoms with E-state index in [9.17, 15) is 4.57 Å². The summed E-state index contributed by atoms with van der Waals surface area (Å²) in [5.74, 6) is 2.19. The summed E-state index contributed by atoms with van der Waals surface area (Å²) >= 11 is 2.13. The molecule has 0 saturated heterocycles. The first-order valence-corrected chi connectivity index (χ1v) is 21.3. The lowest BCUT2D eigenvalue weighted by atomic mass is 9.79. The number of phosphoric ester groups is 1. The maximum absolute atomic E-state index is 14.8. The fourth-order valence-electron chi connectivity index (χ4n) is 8.08. The van der Waals surface area contributed by atoms with Crippen LogP contribution in [-0.4, -0.2) is 64.7 Å². The highest BCUT2D eigenvalue weighted by Gasteiger charge is 2.70. The van der Waals surface area contributed by atoms with Crippen molar-refractivity contribution in [2.75, 3.05) is 33.2 Å². The number of aromatic nitrogens is 4. The molecule has 7 rings (SSSR count). The number of hydrogen-bond acceptors (Lipinski definition) is 11. The van der Waals surface area contributed by atoms with Crippen LogP contribution in [0.15, 0.2) is 85.2 Å². The smallest absolute Gasteiger partial charge is 0.476 e. The molecule has 298 valence electrons. The Hall–Kier alpha value is -3.59. The van der Waals surface area contributed by atoms with Crippen LogP contribution in [0.2, 0.25) is 0 Å². The quantitative estimate of drug-likeness (QED) is 0.0496. The van der Waals surface area contributed by atoms with E-state index in [0.717, 1.165) is 40.3 Å². The fraction of sp³-hybridized carbons (Fsp3) is 0.452. The van der Waals surface area contributed by atoms with Crippen molar-refractivity contribution < 1.29 is 32.3 Å². The summed E-state index contributed by atoms with van der Waals surface area (Å²) in [5, 5.41) is 3.16. The molecule has 4 atom stereocenters. The third-order valence-electron chi connectivity index (χ3n) is 10.5. The second-order valence-electron chi connectivity index (χ2n) is 16.5. The molecular weight excluding hydrogens is 844 g/mol. The van der Waals surface area contributed by atoms with Crippen molar-refractivity contribution in [2.24, 2.45) is 11.3 Å². The lowest BCUT2D eigenvalue weighted by Crippen LogP contribution is -2.38. The summed E-state index contributed by atoms with van der Waals surface area (Å²) in [6.45, 7) is 11.4. The third-order valence-corrected chi connectivity index (χ3v) is 13.0. The number of nitrogens with zero attached hydrogens (tertiary/aromatic N) is 4. The van der Waals surface area contributed by atoms with Gasteiger partial charge in [0.25, 0.3) is 0 Å². The molecule has 0 unspecified atom stereocenters. The number of benzene rings is 3. The van der Waals surface area contributed by atoms with E-state index in [2.05, 4.69) is 49.6 Å². The number of methoxy groups -OCH3 is 2. The van der Waals surface area contributed by atoms with Crippen molar-refractivity contribution in [1.29, 1.82) is 0 Å². The molecule has 3 aromatic carbocycles. The Morgan fingerprint density at radius 2 is 1.39 bits per heavy atom. The summed E-state index contributed by atoms with van der Waals surface area (Å²) in [6, 6.07) is 26.1. The van der Waals surface area contributed by atoms with Gasteiger partial charge in [-0.3, -0.25) is 13.6 Å². The van der Waals surface area contributed by atoms with Crippen molar-refractivity contribution >= 4 is 47.4 Å². The molecule has 0 radical (unpaired) electrons. The maximum atomic E-state index is 14.8. The minimum Gasteiger partial charge on any atom is -0.497 e. The van der Waals surface area contributed by atoms with Gasteiger partial charge in [-0.05, 0) is 101 Å². The van der Waals surface area contributed by atoms with Crippen LogP contribution in [0.1, 0.15) is 77.1 Å². The van der Waals surface area contributed by atoms with Gasteiger partial charge in [0.05, 0.1) is 44.5 Å². The molecule has 0 spiro atoms. The van der Waals surface area contributed by atoms with Crippen molar-refractivity contribution in [3.63, 3.8) is 0 Å². The van der Waals surface area contributed by atoms with Crippen LogP contribution in [-0.2, 0) is 28.5 Å². The Labute approximate surface area is 342 Å². The van der Waals surface area contributed by atoms with E-state index < -0.39 is 36.1 Å². The number of rotatable bonds is 14. The van der Waals surface area contributed by atoms with Crippen LogP contribution < -0.4 is 14.8 Å². The van der Waals surface area contributed by atoms with Gasteiger partial charge in [0, 0.05) is 41.1 Å². The molecule has 0 aliphatic heterocycles. The van der Waals surface area contributed by atoms with Gasteiger partial charge in [0.2, 0.25) is 0 Å². The molecule has 5 aromatic rings. The number of ether oxygens (including phenoxy) is 3. The second kappa shape index (κ2) is 15.3. The fourth-order valence-corrected chi connectivity index (χ4v) is 10.6. The van der Waals surface area contributed by atoms with Crippen LogP contribution in [0.25, 0.3) is 11.2 Å². The number of nitrogens with one attached hydrogen (secondary N) is 1. The normalized spacial score (nSPS) is 21.2. The molecule has 2 saturated carbocycles. The Bertz CT molecular complexity index is 2140. The van der Waals surface area contributed by atoms with E-state index in [0.29, 0.717) is 21.6 Å². The number of phosphoric acid groups is 1. The number of fused-ring (bicyclic) bond motifs is 2. The van der Waals surface area contributed by atoms with Gasteiger partial charge in [-0.2, -0.15) is 0 Å². The summed E-state index contributed by atoms with van der Waals surface area (Å²) in [5.41, 5.74) is 0.910. The van der Waals surface area contributed by atoms with Gasteiger partial charge < -0.3 is 24.1 Å². The van der Waals surface area contributed by atoms with E-state index in [-0.39, 0.29) is 18.6 Å². The van der Waals surface area contributed by atoms with Gasteiger partial charge in [-0.15, -0.1) is 0 Å². The largest absolute Gasteiger partial charge is 0.497 e. The molecule has 56 heavy (non-hydrogen) atoms. The van der Waals surface area contributed by atoms with Crippen LogP contribution in [0.4, 0.5) is 5.82 Å². The summed E-state index contributed by atoms with van der Waals surface area (Å²) in [4.78, 5) is 14.1. The van der Waals surface area contributed by atoms with E-state index in [4.69, 9.17) is 37.7 Å². The predicted octanol–water partition coefficient (Wildman–Crippen LogP) is 9.57. The zero-order valence-corrected chi connectivity index (χ0v) is 36.5. The maximum Gasteiger partial charge on any atom is 0.476 e. The molecule has 0 bridgehead atoms. The first-order chi connectivity index (χ1) is 26.5. The topological polar surface area (TPSA) is 128 Å². The van der Waals surface area contributed by atoms with Crippen LogP contribution in [0.3, 0.4) is 0 Å². The van der Waals surface area contributed by atoms with Crippen LogP contribution in [0, 0.1) is 15.2 Å². The summed E-state index contributed by atoms with van der Waals surface area (Å²) in [7, 11) is 1.00. The molecule has 12 nitrogen and oxygen atoms in total. The lowest BCUT2D eigenvalue weighted by molar-refractivity contribution is -0.0596. The molecular formula is C42H51IN5O7P. The van der Waals surface area contributed by atoms with E-state index >= 15 is 0 Å². The highest BCUT2D eigenvalue weighted by atomic mass is 127. The van der Waals surface area contributed by atoms with Gasteiger partial charge in [0.15, 0.2) is 20.8 Å². The first-order valence-electron chi connectivity index (χ1n) is 18.8. The number of halogens is 1. The molecule has 14 heteroatoms. The highest BCUT2D eigenvalue weighted by Crippen LogP contribution is 2.72. The number of anilines is 1. The van der Waals surface area contributed by atoms with E-state index in [1.54, 1.807) is 14.2 Å². The average molecular weight is 896 g/mol. The zero-order chi connectivity index (χ0) is 40.1. The molecule has 2 aliphatic rings. The SMILES string of the molecule is CNc1nc(I)nc2c1ncn2[C@@H]1C[C@H](OP(=O)(OC(C)(C)C)OC(C)(C)C)[C@]2(COC(c3ccccc3)(c3ccc(OC)cc3)c3ccc(OC)cc3)C[C@H]12. The lowest BCUT2D eigenvalue weighted by Gasteiger charge is -2.39. The van der Waals surface area contributed by atoms with Crippen molar-refractivity contribution in [3.05, 3.63) is 106 Å². The minimum atomic E-state index is -4.14.